The Balaban J connectivity index is 1.65. The molecule has 1 unspecified atom stereocenters. The van der Waals surface area contributed by atoms with Crippen LogP contribution >= 0.6 is 11.6 Å². The van der Waals surface area contributed by atoms with Crippen LogP contribution < -0.4 is 4.90 Å². The van der Waals surface area contributed by atoms with Gasteiger partial charge in [-0.1, -0.05) is 17.7 Å². The van der Waals surface area contributed by atoms with E-state index in [-0.39, 0.29) is 0 Å². The predicted octanol–water partition coefficient (Wildman–Crippen LogP) is 3.16. The average molecular weight is 314 g/mol. The fourth-order valence-electron chi connectivity index (χ4n) is 3.17. The van der Waals surface area contributed by atoms with Crippen LogP contribution in [0.2, 0.25) is 5.02 Å². The number of pyridine rings is 2. The number of hydrogen-bond acceptors (Lipinski definition) is 4. The summed E-state index contributed by atoms with van der Waals surface area (Å²) in [5.74, 6) is 1.39. The molecule has 0 N–H and O–H groups in total. The molecular formula is C16H16ClN5. The van der Waals surface area contributed by atoms with E-state index in [0.29, 0.717) is 10.9 Å². The summed E-state index contributed by atoms with van der Waals surface area (Å²) in [6, 6.07) is 7.96. The number of nitrogens with zero attached hydrogens (tertiary/aromatic N) is 5. The number of rotatable bonds is 2. The van der Waals surface area contributed by atoms with E-state index in [9.17, 15) is 0 Å². The zero-order chi connectivity index (χ0) is 14.9. The van der Waals surface area contributed by atoms with Crippen LogP contribution in [0.25, 0.3) is 5.65 Å². The van der Waals surface area contributed by atoms with Crippen molar-refractivity contribution in [2.24, 2.45) is 0 Å². The normalized spacial score (nSPS) is 18.8. The van der Waals surface area contributed by atoms with Gasteiger partial charge in [0.15, 0.2) is 5.65 Å². The lowest BCUT2D eigenvalue weighted by Crippen LogP contribution is -2.35. The highest BCUT2D eigenvalue weighted by Gasteiger charge is 2.26. The van der Waals surface area contributed by atoms with E-state index in [0.717, 1.165) is 43.1 Å². The van der Waals surface area contributed by atoms with E-state index in [1.807, 2.05) is 30.5 Å². The van der Waals surface area contributed by atoms with Gasteiger partial charge in [0.1, 0.15) is 5.82 Å². The summed E-state index contributed by atoms with van der Waals surface area (Å²) in [6.07, 6.45) is 7.76. The number of aromatic nitrogens is 4. The fraction of sp³-hybridized carbons (Fsp3) is 0.312. The third-order valence-electron chi connectivity index (χ3n) is 4.22. The minimum absolute atomic E-state index is 0.357. The van der Waals surface area contributed by atoms with Crippen LogP contribution in [0.4, 0.5) is 5.69 Å². The van der Waals surface area contributed by atoms with Crippen molar-refractivity contribution in [1.29, 1.82) is 0 Å². The second-order valence-electron chi connectivity index (χ2n) is 5.60. The number of piperidine rings is 1. The van der Waals surface area contributed by atoms with Gasteiger partial charge in [0, 0.05) is 37.6 Å². The first-order chi connectivity index (χ1) is 10.8. The highest BCUT2D eigenvalue weighted by Crippen LogP contribution is 2.32. The van der Waals surface area contributed by atoms with Gasteiger partial charge in [0.05, 0.1) is 10.7 Å². The molecule has 1 aliphatic heterocycles. The molecule has 3 aromatic rings. The van der Waals surface area contributed by atoms with Crippen molar-refractivity contribution in [3.8, 4) is 0 Å². The maximum absolute atomic E-state index is 6.29. The van der Waals surface area contributed by atoms with Crippen molar-refractivity contribution in [2.75, 3.05) is 18.0 Å². The van der Waals surface area contributed by atoms with E-state index in [1.165, 1.54) is 0 Å². The number of hydrogen-bond donors (Lipinski definition) is 0. The summed E-state index contributed by atoms with van der Waals surface area (Å²) >= 11 is 6.29. The topological polar surface area (TPSA) is 46.3 Å². The number of anilines is 1. The Bertz CT molecular complexity index is 800. The largest absolute Gasteiger partial charge is 0.370 e. The molecule has 0 aromatic carbocycles. The minimum Gasteiger partial charge on any atom is -0.370 e. The molecule has 0 bridgehead atoms. The van der Waals surface area contributed by atoms with Gasteiger partial charge < -0.3 is 4.90 Å². The van der Waals surface area contributed by atoms with Gasteiger partial charge >= 0.3 is 0 Å². The molecule has 3 aromatic heterocycles. The summed E-state index contributed by atoms with van der Waals surface area (Å²) in [7, 11) is 0. The minimum atomic E-state index is 0.357. The highest BCUT2D eigenvalue weighted by molar-refractivity contribution is 6.33. The molecule has 1 fully saturated rings. The zero-order valence-corrected chi connectivity index (χ0v) is 12.8. The molecule has 4 heterocycles. The molecule has 0 spiro atoms. The second kappa shape index (κ2) is 5.57. The molecule has 0 aliphatic carbocycles. The van der Waals surface area contributed by atoms with Crippen LogP contribution in [0, 0.1) is 0 Å². The quantitative estimate of drug-likeness (QED) is 0.729. The molecule has 112 valence electrons. The lowest BCUT2D eigenvalue weighted by atomic mass is 9.97. The first kappa shape index (κ1) is 13.5. The van der Waals surface area contributed by atoms with E-state index in [2.05, 4.69) is 24.5 Å². The smallest absolute Gasteiger partial charge is 0.160 e. The van der Waals surface area contributed by atoms with Gasteiger partial charge in [-0.25, -0.2) is 0 Å². The molecule has 4 rings (SSSR count). The zero-order valence-electron chi connectivity index (χ0n) is 12.1. The summed E-state index contributed by atoms with van der Waals surface area (Å²) < 4.78 is 2.09. The third kappa shape index (κ3) is 2.31. The lowest BCUT2D eigenvalue weighted by molar-refractivity contribution is 0.488. The average Bonchev–Trinajstić information content (AvgIpc) is 2.99. The fourth-order valence-corrected chi connectivity index (χ4v) is 3.41. The molecule has 1 aliphatic rings. The van der Waals surface area contributed by atoms with Crippen LogP contribution in [0.15, 0.2) is 42.9 Å². The van der Waals surface area contributed by atoms with Gasteiger partial charge in [0.2, 0.25) is 0 Å². The molecule has 22 heavy (non-hydrogen) atoms. The number of fused-ring (bicyclic) bond motifs is 1. The van der Waals surface area contributed by atoms with Crippen molar-refractivity contribution in [1.82, 2.24) is 19.6 Å². The molecule has 0 saturated carbocycles. The Hall–Kier alpha value is -2.14. The Labute approximate surface area is 133 Å². The lowest BCUT2D eigenvalue weighted by Gasteiger charge is -2.34. The molecule has 6 heteroatoms. The SMILES string of the molecule is Clc1cnccc1N1CCCC(c2nnc3ccccn23)C1. The Morgan fingerprint density at radius 1 is 1.18 bits per heavy atom. The second-order valence-corrected chi connectivity index (χ2v) is 6.01. The van der Waals surface area contributed by atoms with Crippen LogP contribution in [0.1, 0.15) is 24.6 Å². The first-order valence-corrected chi connectivity index (χ1v) is 7.85. The van der Waals surface area contributed by atoms with E-state index >= 15 is 0 Å². The third-order valence-corrected chi connectivity index (χ3v) is 4.51. The molecule has 0 radical (unpaired) electrons. The summed E-state index contributed by atoms with van der Waals surface area (Å²) in [6.45, 7) is 1.91. The Kier molecular flexibility index (Phi) is 3.42. The van der Waals surface area contributed by atoms with Crippen LogP contribution in [0.3, 0.4) is 0 Å². The molecule has 1 saturated heterocycles. The molecule has 1 atom stereocenters. The van der Waals surface area contributed by atoms with Crippen LogP contribution in [-0.2, 0) is 0 Å². The van der Waals surface area contributed by atoms with Crippen molar-refractivity contribution < 1.29 is 0 Å². The predicted molar refractivity (Wildman–Crippen MR) is 86.4 cm³/mol. The molecule has 0 amide bonds. The van der Waals surface area contributed by atoms with E-state index in [1.54, 1.807) is 12.4 Å². The van der Waals surface area contributed by atoms with Crippen molar-refractivity contribution in [2.45, 2.75) is 18.8 Å². The van der Waals surface area contributed by atoms with Crippen molar-refractivity contribution in [3.05, 3.63) is 53.7 Å². The Morgan fingerprint density at radius 3 is 3.05 bits per heavy atom. The van der Waals surface area contributed by atoms with Crippen molar-refractivity contribution >= 4 is 22.9 Å². The molecule has 5 nitrogen and oxygen atoms in total. The highest BCUT2D eigenvalue weighted by atomic mass is 35.5. The van der Waals surface area contributed by atoms with Crippen LogP contribution in [-0.4, -0.2) is 32.7 Å². The maximum atomic E-state index is 6.29. The van der Waals surface area contributed by atoms with Crippen LogP contribution in [0.5, 0.6) is 0 Å². The van der Waals surface area contributed by atoms with Crippen molar-refractivity contribution in [3.63, 3.8) is 0 Å². The van der Waals surface area contributed by atoms with E-state index in [4.69, 9.17) is 11.6 Å². The summed E-state index contributed by atoms with van der Waals surface area (Å²) in [4.78, 5) is 6.39. The van der Waals surface area contributed by atoms with Gasteiger partial charge in [0.25, 0.3) is 0 Å². The molecular weight excluding hydrogens is 298 g/mol. The Morgan fingerprint density at radius 2 is 2.14 bits per heavy atom. The summed E-state index contributed by atoms with van der Waals surface area (Å²) in [5.41, 5.74) is 1.95. The van der Waals surface area contributed by atoms with Gasteiger partial charge in [-0.3, -0.25) is 9.38 Å². The summed E-state index contributed by atoms with van der Waals surface area (Å²) in [5, 5.41) is 9.38. The van der Waals surface area contributed by atoms with E-state index < -0.39 is 0 Å². The standard InChI is InChI=1S/C16H16ClN5/c17-13-10-18-7-6-14(13)21-8-3-4-12(11-21)16-20-19-15-5-1-2-9-22(15)16/h1-2,5-7,9-10,12H,3-4,8,11H2. The maximum Gasteiger partial charge on any atom is 0.160 e. The van der Waals surface area contributed by atoms with Gasteiger partial charge in [-0.15, -0.1) is 10.2 Å². The monoisotopic (exact) mass is 313 g/mol. The van der Waals surface area contributed by atoms with Gasteiger partial charge in [-0.2, -0.15) is 0 Å². The first-order valence-electron chi connectivity index (χ1n) is 7.47. The van der Waals surface area contributed by atoms with Gasteiger partial charge in [-0.05, 0) is 31.0 Å². The number of halogens is 1.